The number of hydrogen-bond donors (Lipinski definition) is 1. The number of para-hydroxylation sites is 1. The van der Waals surface area contributed by atoms with E-state index in [1.54, 1.807) is 12.1 Å². The molecule has 0 spiro atoms. The summed E-state index contributed by atoms with van der Waals surface area (Å²) in [7, 11) is 0. The third kappa shape index (κ3) is 2.44. The van der Waals surface area contributed by atoms with Gasteiger partial charge in [-0.25, -0.2) is 0 Å². The number of nitriles is 1. The van der Waals surface area contributed by atoms with Gasteiger partial charge in [-0.2, -0.15) is 5.26 Å². The van der Waals surface area contributed by atoms with Gasteiger partial charge in [0, 0.05) is 6.07 Å². The standard InChI is InChI=1S/C15H13NO2/c1-10-6-13(17)8-14(7-10)18-15-11(2)4-3-5-12(15)9-16/h3-8,17H,1-2H3. The molecule has 3 heteroatoms. The van der Waals surface area contributed by atoms with Gasteiger partial charge < -0.3 is 9.84 Å². The van der Waals surface area contributed by atoms with Crippen LogP contribution >= 0.6 is 0 Å². The van der Waals surface area contributed by atoms with Crippen LogP contribution in [0.3, 0.4) is 0 Å². The Morgan fingerprint density at radius 2 is 1.94 bits per heavy atom. The molecular weight excluding hydrogens is 226 g/mol. The normalized spacial score (nSPS) is 9.83. The minimum atomic E-state index is 0.150. The molecule has 0 saturated carbocycles. The molecule has 90 valence electrons. The molecule has 0 radical (unpaired) electrons. The van der Waals surface area contributed by atoms with E-state index in [1.165, 1.54) is 6.07 Å². The Balaban J connectivity index is 2.43. The number of ether oxygens (including phenoxy) is 1. The van der Waals surface area contributed by atoms with E-state index < -0.39 is 0 Å². The second-order valence-corrected chi connectivity index (χ2v) is 4.17. The molecule has 0 aliphatic heterocycles. The van der Waals surface area contributed by atoms with Gasteiger partial charge in [0.25, 0.3) is 0 Å². The summed E-state index contributed by atoms with van der Waals surface area (Å²) in [6.07, 6.45) is 0. The highest BCUT2D eigenvalue weighted by Crippen LogP contribution is 2.31. The zero-order valence-corrected chi connectivity index (χ0v) is 10.3. The Hall–Kier alpha value is -2.47. The number of aromatic hydroxyl groups is 1. The minimum absolute atomic E-state index is 0.150. The van der Waals surface area contributed by atoms with Crippen molar-refractivity contribution in [1.29, 1.82) is 5.26 Å². The first kappa shape index (κ1) is 12.0. The summed E-state index contributed by atoms with van der Waals surface area (Å²) in [5, 5.41) is 18.6. The van der Waals surface area contributed by atoms with Crippen LogP contribution in [-0.4, -0.2) is 5.11 Å². The van der Waals surface area contributed by atoms with Crippen LogP contribution in [-0.2, 0) is 0 Å². The molecule has 0 unspecified atom stereocenters. The van der Waals surface area contributed by atoms with Crippen LogP contribution in [0, 0.1) is 25.2 Å². The molecule has 2 aromatic carbocycles. The fourth-order valence-corrected chi connectivity index (χ4v) is 1.78. The Morgan fingerprint density at radius 3 is 2.61 bits per heavy atom. The molecule has 2 rings (SSSR count). The van der Waals surface area contributed by atoms with E-state index in [0.29, 0.717) is 17.1 Å². The van der Waals surface area contributed by atoms with Gasteiger partial charge in [-0.15, -0.1) is 0 Å². The topological polar surface area (TPSA) is 53.2 Å². The number of nitrogens with zero attached hydrogens (tertiary/aromatic N) is 1. The molecule has 0 amide bonds. The van der Waals surface area contributed by atoms with Crippen LogP contribution in [0.15, 0.2) is 36.4 Å². The summed E-state index contributed by atoms with van der Waals surface area (Å²) in [6, 6.07) is 12.5. The van der Waals surface area contributed by atoms with Crippen LogP contribution in [0.5, 0.6) is 17.2 Å². The Morgan fingerprint density at radius 1 is 1.17 bits per heavy atom. The van der Waals surface area contributed by atoms with Gasteiger partial charge in [0.15, 0.2) is 0 Å². The monoisotopic (exact) mass is 239 g/mol. The molecule has 0 atom stereocenters. The lowest BCUT2D eigenvalue weighted by Crippen LogP contribution is -1.91. The summed E-state index contributed by atoms with van der Waals surface area (Å²) >= 11 is 0. The number of phenols is 1. The van der Waals surface area contributed by atoms with E-state index >= 15 is 0 Å². The lowest BCUT2D eigenvalue weighted by Gasteiger charge is -2.11. The first-order valence-corrected chi connectivity index (χ1v) is 5.58. The summed E-state index contributed by atoms with van der Waals surface area (Å²) in [5.41, 5.74) is 2.27. The smallest absolute Gasteiger partial charge is 0.148 e. The lowest BCUT2D eigenvalue weighted by atomic mass is 10.1. The number of hydrogen-bond acceptors (Lipinski definition) is 3. The van der Waals surface area contributed by atoms with Crippen molar-refractivity contribution in [3.63, 3.8) is 0 Å². The van der Waals surface area contributed by atoms with Crippen molar-refractivity contribution in [2.45, 2.75) is 13.8 Å². The van der Waals surface area contributed by atoms with E-state index in [9.17, 15) is 5.11 Å². The second kappa shape index (κ2) is 4.80. The third-order valence-electron chi connectivity index (χ3n) is 2.59. The Bertz CT molecular complexity index is 607. The summed E-state index contributed by atoms with van der Waals surface area (Å²) < 4.78 is 5.71. The van der Waals surface area contributed by atoms with Crippen molar-refractivity contribution in [3.05, 3.63) is 53.1 Å². The summed E-state index contributed by atoms with van der Waals surface area (Å²) in [6.45, 7) is 3.75. The number of benzene rings is 2. The van der Waals surface area contributed by atoms with Gasteiger partial charge in [-0.3, -0.25) is 0 Å². The van der Waals surface area contributed by atoms with Gasteiger partial charge in [-0.1, -0.05) is 12.1 Å². The predicted molar refractivity (Wildman–Crippen MR) is 68.8 cm³/mol. The number of aryl methyl sites for hydroxylation is 2. The zero-order chi connectivity index (χ0) is 13.1. The molecule has 3 nitrogen and oxygen atoms in total. The maximum absolute atomic E-state index is 9.52. The predicted octanol–water partition coefficient (Wildman–Crippen LogP) is 3.67. The van der Waals surface area contributed by atoms with Gasteiger partial charge in [0.1, 0.15) is 23.3 Å². The van der Waals surface area contributed by atoms with Crippen LogP contribution < -0.4 is 4.74 Å². The Kier molecular flexibility index (Phi) is 3.20. The van der Waals surface area contributed by atoms with Gasteiger partial charge >= 0.3 is 0 Å². The molecule has 0 aliphatic carbocycles. The molecule has 0 aliphatic rings. The SMILES string of the molecule is Cc1cc(O)cc(Oc2c(C)cccc2C#N)c1. The van der Waals surface area contributed by atoms with E-state index in [1.807, 2.05) is 32.0 Å². The average molecular weight is 239 g/mol. The molecule has 0 heterocycles. The van der Waals surface area contributed by atoms with Crippen molar-refractivity contribution < 1.29 is 9.84 Å². The first-order chi connectivity index (χ1) is 8.60. The second-order valence-electron chi connectivity index (χ2n) is 4.17. The van der Waals surface area contributed by atoms with Crippen molar-refractivity contribution in [3.8, 4) is 23.3 Å². The highest BCUT2D eigenvalue weighted by molar-refractivity contribution is 5.50. The van der Waals surface area contributed by atoms with Crippen molar-refractivity contribution >= 4 is 0 Å². The molecule has 0 fully saturated rings. The van der Waals surface area contributed by atoms with Crippen molar-refractivity contribution in [1.82, 2.24) is 0 Å². The van der Waals surface area contributed by atoms with Crippen LogP contribution in [0.25, 0.3) is 0 Å². The van der Waals surface area contributed by atoms with Gasteiger partial charge in [0.2, 0.25) is 0 Å². The number of phenolic OH excluding ortho intramolecular Hbond substituents is 1. The highest BCUT2D eigenvalue weighted by Gasteiger charge is 2.08. The maximum atomic E-state index is 9.52. The average Bonchev–Trinajstić information content (AvgIpc) is 2.30. The van der Waals surface area contributed by atoms with E-state index in [2.05, 4.69) is 6.07 Å². The largest absolute Gasteiger partial charge is 0.508 e. The molecular formula is C15H13NO2. The maximum Gasteiger partial charge on any atom is 0.148 e. The van der Waals surface area contributed by atoms with E-state index in [0.717, 1.165) is 11.1 Å². The molecule has 2 aromatic rings. The van der Waals surface area contributed by atoms with Crippen LogP contribution in [0.4, 0.5) is 0 Å². The van der Waals surface area contributed by atoms with Crippen molar-refractivity contribution in [2.24, 2.45) is 0 Å². The summed E-state index contributed by atoms with van der Waals surface area (Å²) in [5.74, 6) is 1.21. The fraction of sp³-hybridized carbons (Fsp3) is 0.133. The highest BCUT2D eigenvalue weighted by atomic mass is 16.5. The van der Waals surface area contributed by atoms with E-state index in [4.69, 9.17) is 10.00 Å². The summed E-state index contributed by atoms with van der Waals surface area (Å²) in [4.78, 5) is 0. The van der Waals surface area contributed by atoms with Crippen LogP contribution in [0.1, 0.15) is 16.7 Å². The Labute approximate surface area is 106 Å². The van der Waals surface area contributed by atoms with Gasteiger partial charge in [0.05, 0.1) is 5.56 Å². The zero-order valence-electron chi connectivity index (χ0n) is 10.3. The fourth-order valence-electron chi connectivity index (χ4n) is 1.78. The molecule has 18 heavy (non-hydrogen) atoms. The van der Waals surface area contributed by atoms with E-state index in [-0.39, 0.29) is 5.75 Å². The van der Waals surface area contributed by atoms with Gasteiger partial charge in [-0.05, 0) is 43.2 Å². The number of rotatable bonds is 2. The third-order valence-corrected chi connectivity index (χ3v) is 2.59. The van der Waals surface area contributed by atoms with Crippen molar-refractivity contribution in [2.75, 3.05) is 0 Å². The molecule has 1 N–H and O–H groups in total. The molecule has 0 saturated heterocycles. The first-order valence-electron chi connectivity index (χ1n) is 5.58. The minimum Gasteiger partial charge on any atom is -0.508 e. The molecule has 0 aromatic heterocycles. The quantitative estimate of drug-likeness (QED) is 0.869. The molecule has 0 bridgehead atoms. The van der Waals surface area contributed by atoms with Crippen LogP contribution in [0.2, 0.25) is 0 Å². The lowest BCUT2D eigenvalue weighted by molar-refractivity contribution is 0.452.